The van der Waals surface area contributed by atoms with Crippen LogP contribution in [0.15, 0.2) is 54.7 Å². The molecule has 33 heavy (non-hydrogen) atoms. The molecule has 0 aliphatic carbocycles. The van der Waals surface area contributed by atoms with E-state index in [-0.39, 0.29) is 17.9 Å². The lowest BCUT2D eigenvalue weighted by molar-refractivity contribution is 0.0928. The molecule has 1 aliphatic rings. The van der Waals surface area contributed by atoms with E-state index in [9.17, 15) is 13.6 Å². The van der Waals surface area contributed by atoms with Gasteiger partial charge in [-0.25, -0.2) is 8.78 Å². The van der Waals surface area contributed by atoms with Gasteiger partial charge in [0.05, 0.1) is 27.9 Å². The molecule has 168 valence electrons. The molecular formula is C26H22F2N2O2S. The summed E-state index contributed by atoms with van der Waals surface area (Å²) in [7, 11) is 0. The topological polar surface area (TPSA) is 51.2 Å². The maximum Gasteiger partial charge on any atom is 0.262 e. The maximum atomic E-state index is 13.9. The van der Waals surface area contributed by atoms with Gasteiger partial charge in [-0.1, -0.05) is 32.0 Å². The summed E-state index contributed by atoms with van der Waals surface area (Å²) in [6.07, 6.45) is 2.30. The summed E-state index contributed by atoms with van der Waals surface area (Å²) in [5.74, 6) is -0.644. The van der Waals surface area contributed by atoms with Crippen molar-refractivity contribution in [1.29, 1.82) is 0 Å². The zero-order valence-electron chi connectivity index (χ0n) is 18.2. The number of hydrogen-bond donors (Lipinski definition) is 1. The Kier molecular flexibility index (Phi) is 5.58. The molecule has 4 nitrogen and oxygen atoms in total. The smallest absolute Gasteiger partial charge is 0.262 e. The fourth-order valence-electron chi connectivity index (χ4n) is 4.40. The van der Waals surface area contributed by atoms with Crippen molar-refractivity contribution in [2.45, 2.75) is 32.2 Å². The number of ether oxygens (including phenoxy) is 1. The normalized spacial score (nSPS) is 15.4. The van der Waals surface area contributed by atoms with E-state index in [1.54, 1.807) is 6.20 Å². The predicted octanol–water partition coefficient (Wildman–Crippen LogP) is 6.62. The van der Waals surface area contributed by atoms with Crippen molar-refractivity contribution >= 4 is 27.3 Å². The number of halogens is 2. The minimum Gasteiger partial charge on any atom is -0.493 e. The van der Waals surface area contributed by atoms with Crippen LogP contribution in [0.3, 0.4) is 0 Å². The second-order valence-electron chi connectivity index (χ2n) is 8.39. The van der Waals surface area contributed by atoms with E-state index in [0.717, 1.165) is 33.0 Å². The molecule has 7 heteroatoms. The van der Waals surface area contributed by atoms with Gasteiger partial charge >= 0.3 is 0 Å². The molecule has 1 N–H and O–H groups in total. The van der Waals surface area contributed by atoms with Gasteiger partial charge in [-0.15, -0.1) is 11.3 Å². The Hall–Kier alpha value is -3.32. The number of nitrogens with zero attached hydrogens (tertiary/aromatic N) is 1. The average molecular weight is 465 g/mol. The minimum absolute atomic E-state index is 0.0703. The number of pyridine rings is 1. The minimum atomic E-state index is -0.666. The molecule has 0 unspecified atom stereocenters. The van der Waals surface area contributed by atoms with Crippen LogP contribution >= 0.6 is 11.3 Å². The van der Waals surface area contributed by atoms with Crippen molar-refractivity contribution < 1.29 is 18.3 Å². The molecule has 4 aromatic rings. The summed E-state index contributed by atoms with van der Waals surface area (Å²) >= 11 is 1.31. The third-order valence-corrected chi connectivity index (χ3v) is 7.05. The van der Waals surface area contributed by atoms with Crippen LogP contribution in [0.25, 0.3) is 21.3 Å². The molecule has 5 rings (SSSR count). The summed E-state index contributed by atoms with van der Waals surface area (Å²) in [6, 6.07) is 12.8. The molecule has 0 fully saturated rings. The van der Waals surface area contributed by atoms with Gasteiger partial charge in [-0.05, 0) is 35.7 Å². The van der Waals surface area contributed by atoms with Crippen LogP contribution in [0.5, 0.6) is 5.75 Å². The highest BCUT2D eigenvalue weighted by Gasteiger charge is 2.27. The van der Waals surface area contributed by atoms with Crippen molar-refractivity contribution in [2.75, 3.05) is 6.61 Å². The van der Waals surface area contributed by atoms with Crippen molar-refractivity contribution in [1.82, 2.24) is 10.3 Å². The van der Waals surface area contributed by atoms with E-state index in [1.807, 2.05) is 44.2 Å². The van der Waals surface area contributed by atoms with Crippen LogP contribution < -0.4 is 10.1 Å². The first-order valence-corrected chi connectivity index (χ1v) is 11.6. The van der Waals surface area contributed by atoms with Gasteiger partial charge in [-0.3, -0.25) is 9.78 Å². The fraction of sp³-hybridized carbons (Fsp3) is 0.231. The van der Waals surface area contributed by atoms with Gasteiger partial charge in [-0.2, -0.15) is 0 Å². The quantitative estimate of drug-likeness (QED) is 0.369. The highest BCUT2D eigenvalue weighted by Crippen LogP contribution is 2.41. The maximum absolute atomic E-state index is 13.9. The number of thiophene rings is 1. The summed E-state index contributed by atoms with van der Waals surface area (Å²) in [5, 5.41) is 4.05. The highest BCUT2D eigenvalue weighted by molar-refractivity contribution is 7.21. The summed E-state index contributed by atoms with van der Waals surface area (Å²) in [5.41, 5.74) is 2.68. The molecule has 0 radical (unpaired) electrons. The Bertz CT molecular complexity index is 1350. The first kappa shape index (κ1) is 21.5. The Balaban J connectivity index is 1.59. The largest absolute Gasteiger partial charge is 0.493 e. The summed E-state index contributed by atoms with van der Waals surface area (Å²) in [6.45, 7) is 4.60. The van der Waals surface area contributed by atoms with Crippen LogP contribution in [-0.4, -0.2) is 17.5 Å². The summed E-state index contributed by atoms with van der Waals surface area (Å²) < 4.78 is 34.3. The molecule has 1 amide bonds. The molecular weight excluding hydrogens is 442 g/mol. The number of nitrogens with one attached hydrogen (secondary N) is 1. The lowest BCUT2D eigenvalue weighted by atomic mass is 9.97. The molecule has 0 bridgehead atoms. The Morgan fingerprint density at radius 3 is 2.67 bits per heavy atom. The lowest BCUT2D eigenvalue weighted by Crippen LogP contribution is -2.32. The molecule has 0 spiro atoms. The SMILES string of the molecule is CC(C)c1c(C(=O)N[C@H]2CCOc3ccccc32)sc2c(-c3cc(F)cc(F)c3)nccc12. The number of para-hydroxylation sites is 1. The number of carbonyl (C=O) groups excluding carboxylic acids is 1. The van der Waals surface area contributed by atoms with Crippen molar-refractivity contribution in [3.05, 3.63) is 82.4 Å². The number of benzene rings is 2. The van der Waals surface area contributed by atoms with Crippen molar-refractivity contribution in [3.63, 3.8) is 0 Å². The third-order valence-electron chi connectivity index (χ3n) is 5.83. The second kappa shape index (κ2) is 8.56. The number of aromatic nitrogens is 1. The van der Waals surface area contributed by atoms with Gasteiger partial charge in [0, 0.05) is 35.2 Å². The lowest BCUT2D eigenvalue weighted by Gasteiger charge is -2.26. The van der Waals surface area contributed by atoms with E-state index < -0.39 is 11.6 Å². The number of amides is 1. The molecule has 1 aliphatic heterocycles. The third kappa shape index (κ3) is 3.97. The number of hydrogen-bond acceptors (Lipinski definition) is 4. The Labute approximate surface area is 194 Å². The van der Waals surface area contributed by atoms with E-state index in [0.29, 0.717) is 29.2 Å². The zero-order chi connectivity index (χ0) is 23.1. The summed E-state index contributed by atoms with van der Waals surface area (Å²) in [4.78, 5) is 18.5. The Morgan fingerprint density at radius 1 is 1.15 bits per heavy atom. The Morgan fingerprint density at radius 2 is 1.91 bits per heavy atom. The predicted molar refractivity (Wildman–Crippen MR) is 126 cm³/mol. The van der Waals surface area contributed by atoms with E-state index in [4.69, 9.17) is 4.74 Å². The highest BCUT2D eigenvalue weighted by atomic mass is 32.1. The van der Waals surface area contributed by atoms with Crippen molar-refractivity contribution in [2.24, 2.45) is 0 Å². The standard InChI is InChI=1S/C26H22F2N2O2S/c1-14(2)22-19-7-9-29-23(15-11-16(27)13-17(28)12-15)24(19)33-25(22)26(31)30-20-8-10-32-21-6-4-3-5-18(20)21/h3-7,9,11-14,20H,8,10H2,1-2H3,(H,30,31)/t20-/m0/s1. The molecule has 2 aromatic carbocycles. The number of carbonyl (C=O) groups is 1. The first-order valence-electron chi connectivity index (χ1n) is 10.8. The average Bonchev–Trinajstić information content (AvgIpc) is 3.19. The van der Waals surface area contributed by atoms with Gasteiger partial charge in [0.15, 0.2) is 0 Å². The second-order valence-corrected chi connectivity index (χ2v) is 9.42. The van der Waals surface area contributed by atoms with Gasteiger partial charge in [0.1, 0.15) is 17.4 Å². The number of rotatable bonds is 4. The monoisotopic (exact) mass is 464 g/mol. The van der Waals surface area contributed by atoms with Crippen LogP contribution in [-0.2, 0) is 0 Å². The van der Waals surface area contributed by atoms with Crippen LogP contribution in [0.1, 0.15) is 53.0 Å². The first-order chi connectivity index (χ1) is 15.9. The molecule has 1 atom stereocenters. The van der Waals surface area contributed by atoms with Crippen LogP contribution in [0, 0.1) is 11.6 Å². The van der Waals surface area contributed by atoms with Gasteiger partial charge < -0.3 is 10.1 Å². The number of fused-ring (bicyclic) bond motifs is 2. The molecule has 0 saturated carbocycles. The van der Waals surface area contributed by atoms with Crippen LogP contribution in [0.4, 0.5) is 8.78 Å². The fourth-order valence-corrected chi connectivity index (χ4v) is 5.76. The van der Waals surface area contributed by atoms with Crippen LogP contribution in [0.2, 0.25) is 0 Å². The molecule has 3 heterocycles. The van der Waals surface area contributed by atoms with E-state index >= 15 is 0 Å². The zero-order valence-corrected chi connectivity index (χ0v) is 19.0. The molecule has 2 aromatic heterocycles. The van der Waals surface area contributed by atoms with Gasteiger partial charge in [0.2, 0.25) is 0 Å². The van der Waals surface area contributed by atoms with E-state index in [2.05, 4.69) is 10.3 Å². The van der Waals surface area contributed by atoms with Crippen molar-refractivity contribution in [3.8, 4) is 17.0 Å². The molecule has 0 saturated heterocycles. The van der Waals surface area contributed by atoms with E-state index in [1.165, 1.54) is 23.5 Å². The van der Waals surface area contributed by atoms with Gasteiger partial charge in [0.25, 0.3) is 5.91 Å².